The van der Waals surface area contributed by atoms with Gasteiger partial charge in [0.2, 0.25) is 5.91 Å². The lowest BCUT2D eigenvalue weighted by Gasteiger charge is -2.17. The first-order valence-electron chi connectivity index (χ1n) is 9.50. The van der Waals surface area contributed by atoms with Crippen LogP contribution in [0.3, 0.4) is 0 Å². The van der Waals surface area contributed by atoms with Crippen LogP contribution in [0.1, 0.15) is 43.7 Å². The van der Waals surface area contributed by atoms with Gasteiger partial charge in [0.15, 0.2) is 0 Å². The summed E-state index contributed by atoms with van der Waals surface area (Å²) in [4.78, 5) is 15.9. The van der Waals surface area contributed by atoms with Crippen molar-refractivity contribution < 1.29 is 4.79 Å². The lowest BCUT2D eigenvalue weighted by atomic mass is 9.88. The SMILES string of the molecule is CC(C)CCNC(=O)CC(Cc1ccccc1)c1c[nH]c2ccccc12. The summed E-state index contributed by atoms with van der Waals surface area (Å²) in [6, 6.07) is 18.7. The molecule has 0 saturated carbocycles. The molecule has 1 aromatic heterocycles. The third kappa shape index (κ3) is 4.75. The average Bonchev–Trinajstić information content (AvgIpc) is 3.06. The highest BCUT2D eigenvalue weighted by atomic mass is 16.1. The number of benzene rings is 2. The predicted molar refractivity (Wildman–Crippen MR) is 108 cm³/mol. The summed E-state index contributed by atoms with van der Waals surface area (Å²) in [5.74, 6) is 0.897. The second-order valence-corrected chi connectivity index (χ2v) is 7.41. The van der Waals surface area contributed by atoms with Crippen LogP contribution in [0, 0.1) is 5.92 Å². The van der Waals surface area contributed by atoms with Crippen LogP contribution in [0.2, 0.25) is 0 Å². The van der Waals surface area contributed by atoms with Crippen LogP contribution < -0.4 is 5.32 Å². The Hall–Kier alpha value is -2.55. The minimum absolute atomic E-state index is 0.136. The molecule has 1 amide bonds. The Balaban J connectivity index is 1.79. The molecule has 1 atom stereocenters. The molecule has 1 heterocycles. The Morgan fingerprint density at radius 3 is 2.54 bits per heavy atom. The number of aromatic nitrogens is 1. The Morgan fingerprint density at radius 2 is 1.77 bits per heavy atom. The molecule has 3 aromatic rings. The van der Waals surface area contributed by atoms with Gasteiger partial charge in [0.05, 0.1) is 0 Å². The van der Waals surface area contributed by atoms with Gasteiger partial charge in [-0.25, -0.2) is 0 Å². The molecule has 26 heavy (non-hydrogen) atoms. The van der Waals surface area contributed by atoms with Crippen molar-refractivity contribution in [1.82, 2.24) is 10.3 Å². The van der Waals surface area contributed by atoms with E-state index in [1.165, 1.54) is 16.5 Å². The highest BCUT2D eigenvalue weighted by Crippen LogP contribution is 2.30. The Morgan fingerprint density at radius 1 is 1.04 bits per heavy atom. The minimum atomic E-state index is 0.136. The number of amides is 1. The molecule has 0 saturated heterocycles. The third-order valence-corrected chi connectivity index (χ3v) is 4.86. The van der Waals surface area contributed by atoms with Crippen LogP contribution in [0.4, 0.5) is 0 Å². The first-order chi connectivity index (χ1) is 12.6. The van der Waals surface area contributed by atoms with E-state index in [0.717, 1.165) is 24.9 Å². The van der Waals surface area contributed by atoms with E-state index in [9.17, 15) is 4.79 Å². The van der Waals surface area contributed by atoms with Crippen molar-refractivity contribution in [3.8, 4) is 0 Å². The fraction of sp³-hybridized carbons (Fsp3) is 0.348. The molecule has 0 aliphatic heterocycles. The van der Waals surface area contributed by atoms with Gasteiger partial charge in [-0.2, -0.15) is 0 Å². The number of hydrogen-bond acceptors (Lipinski definition) is 1. The lowest BCUT2D eigenvalue weighted by Crippen LogP contribution is -2.27. The first kappa shape index (κ1) is 18.2. The molecule has 0 aliphatic rings. The van der Waals surface area contributed by atoms with Crippen LogP contribution in [0.5, 0.6) is 0 Å². The molecular formula is C23H28N2O. The van der Waals surface area contributed by atoms with Crippen molar-refractivity contribution in [3.63, 3.8) is 0 Å². The molecule has 0 fully saturated rings. The summed E-state index contributed by atoms with van der Waals surface area (Å²) < 4.78 is 0. The molecule has 136 valence electrons. The van der Waals surface area contributed by atoms with Crippen LogP contribution >= 0.6 is 0 Å². The largest absolute Gasteiger partial charge is 0.361 e. The Kier molecular flexibility index (Phi) is 6.11. The van der Waals surface area contributed by atoms with E-state index < -0.39 is 0 Å². The quantitative estimate of drug-likeness (QED) is 0.588. The molecule has 3 rings (SSSR count). The van der Waals surface area contributed by atoms with Gasteiger partial charge < -0.3 is 10.3 Å². The molecule has 3 nitrogen and oxygen atoms in total. The van der Waals surface area contributed by atoms with Crippen molar-refractivity contribution in [3.05, 3.63) is 71.9 Å². The average molecular weight is 348 g/mol. The number of carbonyl (C=O) groups excluding carboxylic acids is 1. The Bertz CT molecular complexity index is 836. The number of carbonyl (C=O) groups is 1. The van der Waals surface area contributed by atoms with E-state index in [0.29, 0.717) is 12.3 Å². The summed E-state index contributed by atoms with van der Waals surface area (Å²) in [5, 5.41) is 4.30. The molecule has 3 heteroatoms. The van der Waals surface area contributed by atoms with Crippen LogP contribution in [0.25, 0.3) is 10.9 Å². The van der Waals surface area contributed by atoms with E-state index in [1.54, 1.807) is 0 Å². The molecule has 2 aromatic carbocycles. The van der Waals surface area contributed by atoms with Crippen molar-refractivity contribution in [2.75, 3.05) is 6.54 Å². The summed E-state index contributed by atoms with van der Waals surface area (Å²) >= 11 is 0. The van der Waals surface area contributed by atoms with E-state index in [-0.39, 0.29) is 11.8 Å². The van der Waals surface area contributed by atoms with E-state index in [4.69, 9.17) is 0 Å². The highest BCUT2D eigenvalue weighted by molar-refractivity contribution is 5.85. The Labute approximate surface area is 155 Å². The van der Waals surface area contributed by atoms with Gasteiger partial charge in [0.1, 0.15) is 0 Å². The monoisotopic (exact) mass is 348 g/mol. The van der Waals surface area contributed by atoms with Gasteiger partial charge in [0, 0.05) is 30.1 Å². The maximum Gasteiger partial charge on any atom is 0.220 e. The summed E-state index contributed by atoms with van der Waals surface area (Å²) in [5.41, 5.74) is 3.61. The summed E-state index contributed by atoms with van der Waals surface area (Å²) in [7, 11) is 0. The van der Waals surface area contributed by atoms with Crippen molar-refractivity contribution >= 4 is 16.8 Å². The maximum atomic E-state index is 12.5. The van der Waals surface area contributed by atoms with Gasteiger partial charge >= 0.3 is 0 Å². The zero-order valence-electron chi connectivity index (χ0n) is 15.7. The van der Waals surface area contributed by atoms with E-state index >= 15 is 0 Å². The van der Waals surface area contributed by atoms with Crippen molar-refractivity contribution in [2.24, 2.45) is 5.92 Å². The van der Waals surface area contributed by atoms with E-state index in [2.05, 4.69) is 72.8 Å². The number of aromatic amines is 1. The molecule has 2 N–H and O–H groups in total. The minimum Gasteiger partial charge on any atom is -0.361 e. The number of rotatable bonds is 8. The fourth-order valence-electron chi connectivity index (χ4n) is 3.42. The molecule has 0 spiro atoms. The molecule has 1 unspecified atom stereocenters. The van der Waals surface area contributed by atoms with Gasteiger partial charge in [-0.05, 0) is 41.9 Å². The fourth-order valence-corrected chi connectivity index (χ4v) is 3.42. The number of para-hydroxylation sites is 1. The predicted octanol–water partition coefficient (Wildman–Crippen LogP) is 5.05. The van der Waals surface area contributed by atoms with Crippen LogP contribution in [-0.4, -0.2) is 17.4 Å². The smallest absolute Gasteiger partial charge is 0.220 e. The van der Waals surface area contributed by atoms with Gasteiger partial charge in [-0.3, -0.25) is 4.79 Å². The second-order valence-electron chi connectivity index (χ2n) is 7.41. The number of fused-ring (bicyclic) bond motifs is 1. The molecule has 0 radical (unpaired) electrons. The summed E-state index contributed by atoms with van der Waals surface area (Å²) in [6.45, 7) is 5.11. The maximum absolute atomic E-state index is 12.5. The van der Waals surface area contributed by atoms with E-state index in [1.807, 2.05) is 12.1 Å². The van der Waals surface area contributed by atoms with Gasteiger partial charge in [-0.1, -0.05) is 62.4 Å². The highest BCUT2D eigenvalue weighted by Gasteiger charge is 2.20. The second kappa shape index (κ2) is 8.70. The normalized spacial score (nSPS) is 12.4. The van der Waals surface area contributed by atoms with Gasteiger partial charge in [-0.15, -0.1) is 0 Å². The first-order valence-corrected chi connectivity index (χ1v) is 9.50. The third-order valence-electron chi connectivity index (χ3n) is 4.86. The van der Waals surface area contributed by atoms with Crippen molar-refractivity contribution in [2.45, 2.75) is 39.0 Å². The number of hydrogen-bond donors (Lipinski definition) is 2. The lowest BCUT2D eigenvalue weighted by molar-refractivity contribution is -0.121. The molecule has 0 bridgehead atoms. The zero-order chi connectivity index (χ0) is 18.4. The van der Waals surface area contributed by atoms with Crippen molar-refractivity contribution in [1.29, 1.82) is 0 Å². The van der Waals surface area contributed by atoms with Gasteiger partial charge in [0.25, 0.3) is 0 Å². The van der Waals surface area contributed by atoms with Crippen LogP contribution in [0.15, 0.2) is 60.8 Å². The topological polar surface area (TPSA) is 44.9 Å². The zero-order valence-corrected chi connectivity index (χ0v) is 15.7. The standard InChI is InChI=1S/C23H28N2O/c1-17(2)12-13-24-23(26)15-19(14-18-8-4-3-5-9-18)21-16-25-22-11-7-6-10-20(21)22/h3-11,16-17,19,25H,12-15H2,1-2H3,(H,24,26). The number of nitrogens with one attached hydrogen (secondary N) is 2. The molecule has 0 aliphatic carbocycles. The molecular weight excluding hydrogens is 320 g/mol. The van der Waals surface area contributed by atoms with Crippen LogP contribution in [-0.2, 0) is 11.2 Å². The number of H-pyrrole nitrogens is 1. The summed E-state index contributed by atoms with van der Waals surface area (Å²) in [6.07, 6.45) is 4.46.